The van der Waals surface area contributed by atoms with Crippen LogP contribution in [0.25, 0.3) is 10.6 Å². The number of nitrogens with zero attached hydrogens (tertiary/aromatic N) is 3. The Labute approximate surface area is 140 Å². The quantitative estimate of drug-likeness (QED) is 0.527. The molecule has 8 heteroatoms. The van der Waals surface area contributed by atoms with Gasteiger partial charge in [-0.15, -0.1) is 21.6 Å². The fourth-order valence-electron chi connectivity index (χ4n) is 2.04. The highest BCUT2D eigenvalue weighted by atomic mass is 32.1. The Balaban J connectivity index is 2.07. The van der Waals surface area contributed by atoms with Crippen molar-refractivity contribution >= 4 is 22.7 Å². The maximum Gasteiger partial charge on any atom is 0.170 e. The summed E-state index contributed by atoms with van der Waals surface area (Å²) in [5, 5.41) is 47.8. The molecule has 2 aromatic carbocycles. The van der Waals surface area contributed by atoms with E-state index >= 15 is 0 Å². The Morgan fingerprint density at radius 3 is 2.12 bits per heavy atom. The molecule has 3 aromatic rings. The van der Waals surface area contributed by atoms with Crippen LogP contribution in [0.5, 0.6) is 23.0 Å². The van der Waals surface area contributed by atoms with Gasteiger partial charge in [-0.3, -0.25) is 0 Å². The number of aryl methyl sites for hydroxylation is 1. The first kappa shape index (κ1) is 15.8. The van der Waals surface area contributed by atoms with E-state index in [1.54, 1.807) is 6.20 Å². The molecule has 0 bridgehead atoms. The van der Waals surface area contributed by atoms with Crippen LogP contribution in [0.1, 0.15) is 4.88 Å². The zero-order valence-electron chi connectivity index (χ0n) is 12.5. The summed E-state index contributed by atoms with van der Waals surface area (Å²) in [6.45, 7) is 1.89. The lowest BCUT2D eigenvalue weighted by Gasteiger charge is -2.06. The minimum absolute atomic E-state index is 0.160. The number of azo groups is 1. The highest BCUT2D eigenvalue weighted by Gasteiger charge is 2.16. The Morgan fingerprint density at radius 1 is 0.875 bits per heavy atom. The van der Waals surface area contributed by atoms with Gasteiger partial charge in [0.2, 0.25) is 0 Å². The number of rotatable bonds is 3. The summed E-state index contributed by atoms with van der Waals surface area (Å²) in [5.41, 5.74) is 0.0659. The zero-order valence-corrected chi connectivity index (χ0v) is 13.3. The number of benzene rings is 2. The normalized spacial score (nSPS) is 11.2. The van der Waals surface area contributed by atoms with Gasteiger partial charge in [-0.2, -0.15) is 0 Å². The number of hydrogen-bond acceptors (Lipinski definition) is 8. The van der Waals surface area contributed by atoms with Gasteiger partial charge in [0.15, 0.2) is 17.1 Å². The van der Waals surface area contributed by atoms with E-state index in [0.29, 0.717) is 10.6 Å². The Kier molecular flexibility index (Phi) is 4.05. The molecule has 0 unspecified atom stereocenters. The maximum absolute atomic E-state index is 10.4. The molecule has 24 heavy (non-hydrogen) atoms. The lowest BCUT2D eigenvalue weighted by Crippen LogP contribution is -1.79. The topological polar surface area (TPSA) is 119 Å². The second-order valence-corrected chi connectivity index (χ2v) is 6.19. The molecule has 0 saturated carbocycles. The lowest BCUT2D eigenvalue weighted by molar-refractivity contribution is 0.449. The van der Waals surface area contributed by atoms with Gasteiger partial charge >= 0.3 is 0 Å². The van der Waals surface area contributed by atoms with Crippen LogP contribution >= 0.6 is 11.3 Å². The second-order valence-electron chi connectivity index (χ2n) is 4.95. The fraction of sp³-hybridized carbons (Fsp3) is 0.0625. The van der Waals surface area contributed by atoms with Gasteiger partial charge in [0.05, 0.1) is 5.56 Å². The average Bonchev–Trinajstić information content (AvgIpc) is 2.96. The highest BCUT2D eigenvalue weighted by Crippen LogP contribution is 2.45. The van der Waals surface area contributed by atoms with Gasteiger partial charge in [0.25, 0.3) is 0 Å². The molecule has 0 aliphatic rings. The molecular formula is C16H13N3O4S. The monoisotopic (exact) mass is 343 g/mol. The van der Waals surface area contributed by atoms with Crippen LogP contribution in [0.2, 0.25) is 0 Å². The van der Waals surface area contributed by atoms with Gasteiger partial charge in [-0.05, 0) is 31.2 Å². The minimum atomic E-state index is -0.289. The number of phenolic OH excluding ortho intramolecular Hbond substituents is 4. The summed E-state index contributed by atoms with van der Waals surface area (Å²) in [6, 6.07) is 7.01. The zero-order chi connectivity index (χ0) is 17.3. The third-order valence-electron chi connectivity index (χ3n) is 3.23. The van der Waals surface area contributed by atoms with Crippen LogP contribution in [0, 0.1) is 6.92 Å². The van der Waals surface area contributed by atoms with E-state index in [1.165, 1.54) is 41.7 Å². The standard InChI is InChI=1S/C16H13N3O4S/c1-8-7-17-16(24-8)9-5-6-12(22)14(15(9)23)19-18-13-10(20)3-2-4-11(13)21/h2-7,20-23H,1H3. The first-order chi connectivity index (χ1) is 11.5. The van der Waals surface area contributed by atoms with Crippen molar-refractivity contribution in [1.29, 1.82) is 0 Å². The van der Waals surface area contributed by atoms with E-state index < -0.39 is 0 Å². The number of aromatic hydroxyl groups is 4. The predicted octanol–water partition coefficient (Wildman–Crippen LogP) is 4.36. The Morgan fingerprint density at radius 2 is 1.50 bits per heavy atom. The molecule has 122 valence electrons. The van der Waals surface area contributed by atoms with Crippen molar-refractivity contribution in [2.75, 3.05) is 0 Å². The fourth-order valence-corrected chi connectivity index (χ4v) is 2.83. The number of aromatic nitrogens is 1. The summed E-state index contributed by atoms with van der Waals surface area (Å²) in [6.07, 6.45) is 1.67. The molecule has 0 fully saturated rings. The van der Waals surface area contributed by atoms with Gasteiger partial charge in [-0.1, -0.05) is 6.07 Å². The third kappa shape index (κ3) is 2.86. The Bertz CT molecular complexity index is 917. The van der Waals surface area contributed by atoms with E-state index in [1.807, 2.05) is 6.92 Å². The first-order valence-electron chi connectivity index (χ1n) is 6.88. The molecule has 3 rings (SSSR count). The summed E-state index contributed by atoms with van der Waals surface area (Å²) in [4.78, 5) is 5.16. The molecule has 0 radical (unpaired) electrons. The predicted molar refractivity (Wildman–Crippen MR) is 89.6 cm³/mol. The van der Waals surface area contributed by atoms with Crippen LogP contribution in [-0.4, -0.2) is 25.4 Å². The molecule has 7 nitrogen and oxygen atoms in total. The van der Waals surface area contributed by atoms with E-state index in [2.05, 4.69) is 15.2 Å². The van der Waals surface area contributed by atoms with Crippen molar-refractivity contribution in [2.24, 2.45) is 10.2 Å². The van der Waals surface area contributed by atoms with Crippen molar-refractivity contribution < 1.29 is 20.4 Å². The van der Waals surface area contributed by atoms with Crippen LogP contribution in [0.3, 0.4) is 0 Å². The van der Waals surface area contributed by atoms with E-state index in [0.717, 1.165) is 4.88 Å². The molecule has 0 aliphatic heterocycles. The third-order valence-corrected chi connectivity index (χ3v) is 4.17. The summed E-state index contributed by atoms with van der Waals surface area (Å²) >= 11 is 1.38. The molecule has 0 aliphatic carbocycles. The smallest absolute Gasteiger partial charge is 0.170 e. The SMILES string of the molecule is Cc1cnc(-c2ccc(O)c(N=Nc3c(O)cccc3O)c2O)s1. The Hall–Kier alpha value is -3.13. The van der Waals surface area contributed by atoms with Gasteiger partial charge in [0, 0.05) is 11.1 Å². The first-order valence-corrected chi connectivity index (χ1v) is 7.69. The number of phenols is 4. The highest BCUT2D eigenvalue weighted by molar-refractivity contribution is 7.15. The van der Waals surface area contributed by atoms with E-state index in [-0.39, 0.29) is 34.4 Å². The molecule has 1 aromatic heterocycles. The van der Waals surface area contributed by atoms with Crippen LogP contribution in [-0.2, 0) is 0 Å². The van der Waals surface area contributed by atoms with Crippen molar-refractivity contribution in [3.05, 3.63) is 41.4 Å². The van der Waals surface area contributed by atoms with E-state index in [9.17, 15) is 20.4 Å². The minimum Gasteiger partial charge on any atom is -0.505 e. The molecule has 0 atom stereocenters. The number of thiazole rings is 1. The van der Waals surface area contributed by atoms with Crippen molar-refractivity contribution in [3.8, 4) is 33.6 Å². The maximum atomic E-state index is 10.4. The summed E-state index contributed by atoms with van der Waals surface area (Å²) < 4.78 is 0. The van der Waals surface area contributed by atoms with Gasteiger partial charge < -0.3 is 20.4 Å². The van der Waals surface area contributed by atoms with Crippen LogP contribution < -0.4 is 0 Å². The average molecular weight is 343 g/mol. The molecule has 0 spiro atoms. The molecule has 0 amide bonds. The van der Waals surface area contributed by atoms with Gasteiger partial charge in [-0.25, -0.2) is 4.98 Å². The van der Waals surface area contributed by atoms with Crippen molar-refractivity contribution in [3.63, 3.8) is 0 Å². The van der Waals surface area contributed by atoms with Crippen LogP contribution in [0.15, 0.2) is 46.8 Å². The second kappa shape index (κ2) is 6.17. The number of hydrogen-bond donors (Lipinski definition) is 4. The van der Waals surface area contributed by atoms with Crippen LogP contribution in [0.4, 0.5) is 11.4 Å². The lowest BCUT2D eigenvalue weighted by atomic mass is 10.1. The molecular weight excluding hydrogens is 330 g/mol. The molecule has 1 heterocycles. The molecule has 4 N–H and O–H groups in total. The molecule has 0 saturated heterocycles. The summed E-state index contributed by atoms with van der Waals surface area (Å²) in [5.74, 6) is -1.12. The summed E-state index contributed by atoms with van der Waals surface area (Å²) in [7, 11) is 0. The van der Waals surface area contributed by atoms with E-state index in [4.69, 9.17) is 0 Å². The van der Waals surface area contributed by atoms with Gasteiger partial charge in [0.1, 0.15) is 22.3 Å². The van der Waals surface area contributed by atoms with Crippen molar-refractivity contribution in [2.45, 2.75) is 6.92 Å². The largest absolute Gasteiger partial charge is 0.505 e. The van der Waals surface area contributed by atoms with Crippen molar-refractivity contribution in [1.82, 2.24) is 4.98 Å².